The van der Waals surface area contributed by atoms with E-state index in [-0.39, 0.29) is 5.75 Å². The van der Waals surface area contributed by atoms with Crippen molar-refractivity contribution in [3.8, 4) is 5.75 Å². The van der Waals surface area contributed by atoms with Gasteiger partial charge in [0.05, 0.1) is 5.60 Å². The van der Waals surface area contributed by atoms with E-state index in [0.717, 1.165) is 26.8 Å². The summed E-state index contributed by atoms with van der Waals surface area (Å²) in [6, 6.07) is 3.30. The summed E-state index contributed by atoms with van der Waals surface area (Å²) in [6.07, 6.45) is 4.12. The van der Waals surface area contributed by atoms with Crippen LogP contribution in [0.3, 0.4) is 0 Å². The monoisotopic (exact) mass is 314 g/mol. The third kappa shape index (κ3) is 4.86. The number of aryl methyl sites for hydroxylation is 2. The van der Waals surface area contributed by atoms with Gasteiger partial charge in [-0.15, -0.1) is 0 Å². The van der Waals surface area contributed by atoms with Crippen molar-refractivity contribution in [1.29, 1.82) is 0 Å². The summed E-state index contributed by atoms with van der Waals surface area (Å²) in [5, 5.41) is 20.0. The maximum absolute atomic E-state index is 9.48. The molecule has 110 valence electrons. The summed E-state index contributed by atoms with van der Waals surface area (Å²) in [7, 11) is 0. The molecule has 0 fully saturated rings. The van der Waals surface area contributed by atoms with Gasteiger partial charge in [0.2, 0.25) is 0 Å². The van der Waals surface area contributed by atoms with E-state index in [9.17, 15) is 5.11 Å². The van der Waals surface area contributed by atoms with Crippen molar-refractivity contribution in [2.24, 2.45) is 0 Å². The van der Waals surface area contributed by atoms with Crippen LogP contribution < -0.4 is 0 Å². The SMILES string of the molecule is CC1=C(Cl)C=CC(C)(O)C1.Cc1cc(O)cc(C)c1Cl. The Morgan fingerprint density at radius 3 is 2.00 bits per heavy atom. The van der Waals surface area contributed by atoms with E-state index in [4.69, 9.17) is 28.3 Å². The molecular weight excluding hydrogens is 295 g/mol. The van der Waals surface area contributed by atoms with Gasteiger partial charge in [-0.3, -0.25) is 0 Å². The number of allylic oxidation sites excluding steroid dienone is 2. The van der Waals surface area contributed by atoms with Crippen LogP contribution in [0.1, 0.15) is 31.4 Å². The fraction of sp³-hybridized carbons (Fsp3) is 0.375. The third-order valence-electron chi connectivity index (χ3n) is 3.04. The summed E-state index contributed by atoms with van der Waals surface area (Å²) < 4.78 is 0. The molecule has 0 radical (unpaired) electrons. The average molecular weight is 315 g/mol. The molecule has 4 heteroatoms. The highest BCUT2D eigenvalue weighted by molar-refractivity contribution is 6.32. The predicted molar refractivity (Wildman–Crippen MR) is 85.5 cm³/mol. The molecule has 2 rings (SSSR count). The van der Waals surface area contributed by atoms with Crippen molar-refractivity contribution in [3.05, 3.63) is 51.0 Å². The van der Waals surface area contributed by atoms with Gasteiger partial charge in [0.1, 0.15) is 5.75 Å². The Labute approximate surface area is 130 Å². The van der Waals surface area contributed by atoms with Crippen LogP contribution in [0.15, 0.2) is 34.9 Å². The number of benzene rings is 1. The summed E-state index contributed by atoms with van der Waals surface area (Å²) in [5.41, 5.74) is 2.19. The zero-order chi connectivity index (χ0) is 15.5. The molecule has 0 spiro atoms. The number of aliphatic hydroxyl groups is 1. The van der Waals surface area contributed by atoms with Crippen molar-refractivity contribution in [2.75, 3.05) is 0 Å². The maximum Gasteiger partial charge on any atom is 0.116 e. The largest absolute Gasteiger partial charge is 0.508 e. The Balaban J connectivity index is 0.000000200. The minimum absolute atomic E-state index is 0.277. The van der Waals surface area contributed by atoms with Crippen LogP contribution in [0.25, 0.3) is 0 Å². The Kier molecular flexibility index (Phi) is 5.69. The first-order valence-electron chi connectivity index (χ1n) is 6.35. The van der Waals surface area contributed by atoms with Crippen molar-refractivity contribution in [3.63, 3.8) is 0 Å². The lowest BCUT2D eigenvalue weighted by molar-refractivity contribution is 0.110. The van der Waals surface area contributed by atoms with Gasteiger partial charge in [-0.1, -0.05) is 34.9 Å². The van der Waals surface area contributed by atoms with Crippen LogP contribution >= 0.6 is 23.2 Å². The van der Waals surface area contributed by atoms with Gasteiger partial charge >= 0.3 is 0 Å². The van der Waals surface area contributed by atoms with Gasteiger partial charge in [-0.05, 0) is 57.0 Å². The van der Waals surface area contributed by atoms with E-state index in [2.05, 4.69) is 0 Å². The Morgan fingerprint density at radius 2 is 1.60 bits per heavy atom. The second-order valence-corrected chi connectivity index (χ2v) is 6.17. The van der Waals surface area contributed by atoms with E-state index >= 15 is 0 Å². The van der Waals surface area contributed by atoms with Gasteiger partial charge in [-0.25, -0.2) is 0 Å². The molecule has 1 aromatic rings. The molecular formula is C16H20Cl2O2. The molecule has 0 heterocycles. The molecule has 1 aromatic carbocycles. The molecule has 0 amide bonds. The number of aromatic hydroxyl groups is 1. The molecule has 1 aliphatic carbocycles. The maximum atomic E-state index is 9.48. The van der Waals surface area contributed by atoms with Crippen molar-refractivity contribution >= 4 is 23.2 Å². The van der Waals surface area contributed by atoms with E-state index < -0.39 is 5.60 Å². The molecule has 0 saturated carbocycles. The molecule has 0 saturated heterocycles. The lowest BCUT2D eigenvalue weighted by Crippen LogP contribution is -2.23. The zero-order valence-corrected chi connectivity index (χ0v) is 13.7. The molecule has 20 heavy (non-hydrogen) atoms. The minimum atomic E-state index is -0.692. The predicted octanol–water partition coefficient (Wildman–Crippen LogP) is 4.87. The zero-order valence-electron chi connectivity index (χ0n) is 12.2. The molecule has 0 bridgehead atoms. The second kappa shape index (κ2) is 6.66. The molecule has 2 N–H and O–H groups in total. The van der Waals surface area contributed by atoms with E-state index in [0.29, 0.717) is 6.42 Å². The number of phenolic OH excluding ortho intramolecular Hbond substituents is 1. The van der Waals surface area contributed by atoms with Gasteiger partial charge < -0.3 is 10.2 Å². The first kappa shape index (κ1) is 17.1. The highest BCUT2D eigenvalue weighted by atomic mass is 35.5. The lowest BCUT2D eigenvalue weighted by Gasteiger charge is -2.23. The molecule has 1 unspecified atom stereocenters. The number of hydrogen-bond donors (Lipinski definition) is 2. The number of halogens is 2. The Morgan fingerprint density at radius 1 is 1.10 bits per heavy atom. The normalized spacial score (nSPS) is 21.6. The smallest absolute Gasteiger partial charge is 0.116 e. The average Bonchev–Trinajstić information content (AvgIpc) is 2.31. The number of rotatable bonds is 0. The van der Waals surface area contributed by atoms with Gasteiger partial charge in [-0.2, -0.15) is 0 Å². The number of hydrogen-bond acceptors (Lipinski definition) is 2. The molecule has 2 nitrogen and oxygen atoms in total. The molecule has 0 aromatic heterocycles. The summed E-state index contributed by atoms with van der Waals surface area (Å²) in [6.45, 7) is 7.45. The molecule has 1 atom stereocenters. The summed E-state index contributed by atoms with van der Waals surface area (Å²) in [5.74, 6) is 0.277. The molecule has 0 aliphatic heterocycles. The summed E-state index contributed by atoms with van der Waals surface area (Å²) >= 11 is 11.6. The van der Waals surface area contributed by atoms with Crippen LogP contribution in [-0.4, -0.2) is 15.8 Å². The first-order valence-corrected chi connectivity index (χ1v) is 7.10. The van der Waals surface area contributed by atoms with Crippen molar-refractivity contribution < 1.29 is 10.2 Å². The Bertz CT molecular complexity index is 535. The standard InChI is InChI=1S/C8H9ClO.C8H11ClO/c1-5-3-7(10)4-6(2)8(5)9;1-6-5-8(2,10)4-3-7(6)9/h3-4,10H,1-2H3;3-4,10H,5H2,1-2H3. The fourth-order valence-electron chi connectivity index (χ4n) is 2.00. The molecule has 1 aliphatic rings. The van der Waals surface area contributed by atoms with E-state index in [1.165, 1.54) is 0 Å². The van der Waals surface area contributed by atoms with Crippen LogP contribution in [0.5, 0.6) is 5.75 Å². The first-order chi connectivity index (χ1) is 9.12. The van der Waals surface area contributed by atoms with Crippen LogP contribution in [0, 0.1) is 13.8 Å². The Hall–Kier alpha value is -0.960. The third-order valence-corrected chi connectivity index (χ3v) is 4.09. The summed E-state index contributed by atoms with van der Waals surface area (Å²) in [4.78, 5) is 0. The second-order valence-electron chi connectivity index (χ2n) is 5.39. The van der Waals surface area contributed by atoms with E-state index in [1.54, 1.807) is 31.2 Å². The van der Waals surface area contributed by atoms with E-state index in [1.807, 2.05) is 20.8 Å². The highest BCUT2D eigenvalue weighted by Gasteiger charge is 2.21. The fourth-order valence-corrected chi connectivity index (χ4v) is 2.24. The van der Waals surface area contributed by atoms with Gasteiger partial charge in [0.25, 0.3) is 0 Å². The quantitative estimate of drug-likeness (QED) is 0.717. The topological polar surface area (TPSA) is 40.5 Å². The van der Waals surface area contributed by atoms with Crippen LogP contribution in [0.4, 0.5) is 0 Å². The van der Waals surface area contributed by atoms with Crippen LogP contribution in [-0.2, 0) is 0 Å². The van der Waals surface area contributed by atoms with Crippen molar-refractivity contribution in [1.82, 2.24) is 0 Å². The minimum Gasteiger partial charge on any atom is -0.508 e. The lowest BCUT2D eigenvalue weighted by atomic mass is 9.93. The number of phenols is 1. The van der Waals surface area contributed by atoms with Gasteiger partial charge in [0.15, 0.2) is 0 Å². The highest BCUT2D eigenvalue weighted by Crippen LogP contribution is 2.27. The van der Waals surface area contributed by atoms with Crippen molar-refractivity contribution in [2.45, 2.75) is 39.7 Å². The van der Waals surface area contributed by atoms with Crippen LogP contribution in [0.2, 0.25) is 5.02 Å². The van der Waals surface area contributed by atoms with Gasteiger partial charge in [0, 0.05) is 16.5 Å².